The monoisotopic (exact) mass is 574 g/mol. The zero-order valence-corrected chi connectivity index (χ0v) is 24.9. The van der Waals surface area contributed by atoms with Gasteiger partial charge < -0.3 is 24.6 Å². The van der Waals surface area contributed by atoms with Crippen LogP contribution in [-0.4, -0.2) is 70.6 Å². The number of benzene rings is 2. The van der Waals surface area contributed by atoms with Crippen molar-refractivity contribution >= 4 is 35.3 Å². The molecular weight excluding hydrogens is 536 g/mol. The van der Waals surface area contributed by atoms with Gasteiger partial charge in [0, 0.05) is 26.2 Å². The molecule has 11 heteroatoms. The zero-order valence-electron chi connectivity index (χ0n) is 24.9. The van der Waals surface area contributed by atoms with Gasteiger partial charge in [0.1, 0.15) is 11.2 Å². The molecule has 0 unspecified atom stereocenters. The quantitative estimate of drug-likeness (QED) is 0.392. The Morgan fingerprint density at radius 1 is 0.714 bits per heavy atom. The maximum absolute atomic E-state index is 13.2. The molecule has 0 saturated carbocycles. The van der Waals surface area contributed by atoms with Crippen LogP contribution in [0.3, 0.4) is 0 Å². The third kappa shape index (κ3) is 8.42. The van der Waals surface area contributed by atoms with Crippen molar-refractivity contribution in [3.8, 4) is 11.1 Å². The van der Waals surface area contributed by atoms with Gasteiger partial charge in [-0.15, -0.1) is 10.2 Å². The third-order valence-electron chi connectivity index (χ3n) is 6.15. The molecule has 2 aromatic carbocycles. The van der Waals surface area contributed by atoms with Gasteiger partial charge in [-0.25, -0.2) is 9.59 Å². The van der Waals surface area contributed by atoms with Gasteiger partial charge in [-0.1, -0.05) is 36.4 Å². The molecule has 1 aliphatic rings. The van der Waals surface area contributed by atoms with Gasteiger partial charge in [0.25, 0.3) is 5.91 Å². The van der Waals surface area contributed by atoms with E-state index in [0.29, 0.717) is 43.4 Å². The van der Waals surface area contributed by atoms with E-state index in [1.54, 1.807) is 49.9 Å². The van der Waals surface area contributed by atoms with Crippen molar-refractivity contribution in [3.63, 3.8) is 0 Å². The average molecular weight is 575 g/mol. The summed E-state index contributed by atoms with van der Waals surface area (Å²) in [6, 6.07) is 18.4. The maximum atomic E-state index is 13.2. The fourth-order valence-corrected chi connectivity index (χ4v) is 4.23. The lowest BCUT2D eigenvalue weighted by Gasteiger charge is -2.35. The van der Waals surface area contributed by atoms with E-state index >= 15 is 0 Å². The Kier molecular flexibility index (Phi) is 8.99. The smallest absolute Gasteiger partial charge is 0.412 e. The van der Waals surface area contributed by atoms with Crippen LogP contribution in [0.4, 0.5) is 26.8 Å². The largest absolute Gasteiger partial charge is 0.444 e. The minimum absolute atomic E-state index is 0.111. The molecule has 11 nitrogen and oxygen atoms in total. The molecule has 42 heavy (non-hydrogen) atoms. The molecule has 0 aliphatic carbocycles. The first-order valence-electron chi connectivity index (χ1n) is 13.8. The van der Waals surface area contributed by atoms with Crippen molar-refractivity contribution in [2.75, 3.05) is 41.7 Å². The summed E-state index contributed by atoms with van der Waals surface area (Å²) < 4.78 is 10.9. The molecule has 1 saturated heterocycles. The number of hydrogen-bond donors (Lipinski definition) is 2. The van der Waals surface area contributed by atoms with Gasteiger partial charge in [-0.2, -0.15) is 0 Å². The van der Waals surface area contributed by atoms with Crippen LogP contribution in [0.2, 0.25) is 0 Å². The second kappa shape index (κ2) is 12.5. The van der Waals surface area contributed by atoms with Crippen LogP contribution < -0.4 is 15.5 Å². The molecule has 0 atom stereocenters. The first-order valence-corrected chi connectivity index (χ1v) is 13.8. The zero-order chi connectivity index (χ0) is 30.5. The summed E-state index contributed by atoms with van der Waals surface area (Å²) >= 11 is 0. The summed E-state index contributed by atoms with van der Waals surface area (Å²) in [4.78, 5) is 41.7. The van der Waals surface area contributed by atoms with Crippen LogP contribution in [0.15, 0.2) is 60.7 Å². The number of carbonyl (C=O) groups is 3. The second-order valence-corrected chi connectivity index (χ2v) is 11.9. The number of nitrogens with zero attached hydrogens (tertiary/aromatic N) is 4. The molecule has 2 heterocycles. The highest BCUT2D eigenvalue weighted by Crippen LogP contribution is 2.30. The first kappa shape index (κ1) is 30.3. The van der Waals surface area contributed by atoms with E-state index in [9.17, 15) is 14.4 Å². The molecule has 1 aliphatic heterocycles. The van der Waals surface area contributed by atoms with E-state index in [1.807, 2.05) is 62.1 Å². The summed E-state index contributed by atoms with van der Waals surface area (Å²) in [7, 11) is 0. The molecular formula is C31H38N6O5. The van der Waals surface area contributed by atoms with Gasteiger partial charge in [0.15, 0.2) is 11.5 Å². The lowest BCUT2D eigenvalue weighted by atomic mass is 10.0. The van der Waals surface area contributed by atoms with Gasteiger partial charge in [-0.3, -0.25) is 10.1 Å². The number of nitrogens with one attached hydrogen (secondary N) is 2. The van der Waals surface area contributed by atoms with Crippen LogP contribution in [0.25, 0.3) is 11.1 Å². The molecule has 0 bridgehead atoms. The number of anilines is 3. The van der Waals surface area contributed by atoms with Gasteiger partial charge >= 0.3 is 12.2 Å². The van der Waals surface area contributed by atoms with E-state index in [4.69, 9.17) is 9.47 Å². The van der Waals surface area contributed by atoms with E-state index < -0.39 is 23.2 Å². The summed E-state index contributed by atoms with van der Waals surface area (Å²) in [5.41, 5.74) is 1.45. The number of aromatic nitrogens is 2. The highest BCUT2D eigenvalue weighted by Gasteiger charge is 2.27. The highest BCUT2D eigenvalue weighted by molar-refractivity contribution is 6.06. The van der Waals surface area contributed by atoms with Gasteiger partial charge in [0.05, 0.1) is 11.4 Å². The SMILES string of the molecule is CC(C)(C)OC(=O)Nc1ccc(-c2ccccc2)cc1NC(=O)c1ccc(N2CCN(C(=O)OC(C)(C)C)CC2)nn1. The topological polar surface area (TPSA) is 126 Å². The Hall–Kier alpha value is -4.67. The fraction of sp³-hybridized carbons (Fsp3) is 0.387. The van der Waals surface area contributed by atoms with Crippen molar-refractivity contribution in [2.24, 2.45) is 0 Å². The van der Waals surface area contributed by atoms with Crippen LogP contribution in [0, 0.1) is 0 Å². The lowest BCUT2D eigenvalue weighted by Crippen LogP contribution is -2.50. The molecule has 222 valence electrons. The number of rotatable bonds is 5. The van der Waals surface area contributed by atoms with Crippen molar-refractivity contribution < 1.29 is 23.9 Å². The van der Waals surface area contributed by atoms with Crippen molar-refractivity contribution in [1.82, 2.24) is 15.1 Å². The maximum Gasteiger partial charge on any atom is 0.412 e. The molecule has 4 rings (SSSR count). The summed E-state index contributed by atoms with van der Waals surface area (Å²) in [6.07, 6.45) is -0.974. The minimum Gasteiger partial charge on any atom is -0.444 e. The molecule has 3 amide bonds. The first-order chi connectivity index (χ1) is 19.8. The van der Waals surface area contributed by atoms with Crippen molar-refractivity contribution in [3.05, 3.63) is 66.4 Å². The number of piperazine rings is 1. The Morgan fingerprint density at radius 3 is 1.98 bits per heavy atom. The predicted molar refractivity (Wildman–Crippen MR) is 162 cm³/mol. The second-order valence-electron chi connectivity index (χ2n) is 11.9. The van der Waals surface area contributed by atoms with Crippen LogP contribution in [0.1, 0.15) is 52.0 Å². The van der Waals surface area contributed by atoms with Crippen molar-refractivity contribution in [2.45, 2.75) is 52.7 Å². The Morgan fingerprint density at radius 2 is 1.38 bits per heavy atom. The van der Waals surface area contributed by atoms with Crippen LogP contribution in [0.5, 0.6) is 0 Å². The van der Waals surface area contributed by atoms with Crippen LogP contribution >= 0.6 is 0 Å². The molecule has 0 spiro atoms. The Bertz CT molecular complexity index is 1410. The Balaban J connectivity index is 1.46. The summed E-state index contributed by atoms with van der Waals surface area (Å²) in [6.45, 7) is 12.9. The third-order valence-corrected chi connectivity index (χ3v) is 6.15. The number of carbonyl (C=O) groups excluding carboxylic acids is 3. The number of ether oxygens (including phenoxy) is 2. The number of hydrogen-bond acceptors (Lipinski definition) is 8. The minimum atomic E-state index is -0.683. The standard InChI is InChI=1S/C31H38N6O5/c1-30(2,3)41-28(39)33-23-13-12-22(21-10-8-7-9-11-21)20-25(23)32-27(38)24-14-15-26(35-34-24)36-16-18-37(19-17-36)29(40)42-31(4,5)6/h7-15,20H,16-19H2,1-6H3,(H,32,38)(H,33,39). The van der Waals surface area contributed by atoms with Gasteiger partial charge in [-0.05, 0) is 76.9 Å². The van der Waals surface area contributed by atoms with E-state index in [-0.39, 0.29) is 11.8 Å². The summed E-state index contributed by atoms with van der Waals surface area (Å²) in [5.74, 6) is 0.120. The van der Waals surface area contributed by atoms with Gasteiger partial charge in [0.2, 0.25) is 0 Å². The van der Waals surface area contributed by atoms with Crippen molar-refractivity contribution in [1.29, 1.82) is 0 Å². The fourth-order valence-electron chi connectivity index (χ4n) is 4.23. The normalized spacial score (nSPS) is 13.8. The Labute approximate surface area is 246 Å². The average Bonchev–Trinajstić information content (AvgIpc) is 2.92. The molecule has 0 radical (unpaired) electrons. The molecule has 2 N–H and O–H groups in total. The van der Waals surface area contributed by atoms with E-state index in [0.717, 1.165) is 11.1 Å². The van der Waals surface area contributed by atoms with E-state index in [2.05, 4.69) is 20.8 Å². The molecule has 1 fully saturated rings. The van der Waals surface area contributed by atoms with E-state index in [1.165, 1.54) is 0 Å². The molecule has 3 aromatic rings. The lowest BCUT2D eigenvalue weighted by molar-refractivity contribution is 0.0240. The van der Waals surface area contributed by atoms with Crippen LogP contribution in [-0.2, 0) is 9.47 Å². The summed E-state index contributed by atoms with van der Waals surface area (Å²) in [5, 5.41) is 14.0. The number of amides is 3. The highest BCUT2D eigenvalue weighted by atomic mass is 16.6. The molecule has 1 aromatic heterocycles. The predicted octanol–water partition coefficient (Wildman–Crippen LogP) is 5.80.